The van der Waals surface area contributed by atoms with Gasteiger partial charge < -0.3 is 4.74 Å². The second-order valence-corrected chi connectivity index (χ2v) is 5.66. The Bertz CT molecular complexity index is 710. The summed E-state index contributed by atoms with van der Waals surface area (Å²) < 4.78 is 7.12. The molecule has 0 unspecified atom stereocenters. The zero-order valence-electron chi connectivity index (χ0n) is 12.9. The number of nitrogens with one attached hydrogen (secondary N) is 1. The van der Waals surface area contributed by atoms with Crippen LogP contribution in [0, 0.1) is 0 Å². The highest BCUT2D eigenvalue weighted by atomic mass is 16.5. The smallest absolute Gasteiger partial charge is 0.329 e. The molecule has 3 heterocycles. The van der Waals surface area contributed by atoms with Crippen molar-refractivity contribution in [3.8, 4) is 0 Å². The topological polar surface area (TPSA) is 72.8 Å². The van der Waals surface area contributed by atoms with Gasteiger partial charge in [0.05, 0.1) is 11.9 Å². The monoisotopic (exact) mass is 302 g/mol. The van der Waals surface area contributed by atoms with Gasteiger partial charge >= 0.3 is 5.69 Å². The van der Waals surface area contributed by atoms with Gasteiger partial charge in [0.15, 0.2) is 11.3 Å². The average molecular weight is 302 g/mol. The second-order valence-electron chi connectivity index (χ2n) is 5.66. The first-order chi connectivity index (χ1) is 10.8. The number of aromatic amines is 1. The summed E-state index contributed by atoms with van der Waals surface area (Å²) in [5.74, 6) is 0. The quantitative estimate of drug-likeness (QED) is 0.862. The van der Waals surface area contributed by atoms with Crippen LogP contribution in [0.2, 0.25) is 0 Å². The van der Waals surface area contributed by atoms with Crippen molar-refractivity contribution in [3.63, 3.8) is 0 Å². The summed E-state index contributed by atoms with van der Waals surface area (Å²) in [6, 6.07) is 0.142. The van der Waals surface area contributed by atoms with Crippen LogP contribution in [-0.4, -0.2) is 32.7 Å². The minimum absolute atomic E-state index is 0.131. The number of nitrogens with zero attached hydrogens (tertiary/aromatic N) is 3. The summed E-state index contributed by atoms with van der Waals surface area (Å²) in [6.45, 7) is 3.55. The first-order valence-corrected chi connectivity index (χ1v) is 8.01. The average Bonchev–Trinajstić information content (AvgIpc) is 2.87. The Balaban J connectivity index is 1.92. The fourth-order valence-electron chi connectivity index (χ4n) is 2.79. The zero-order chi connectivity index (χ0) is 15.4. The van der Waals surface area contributed by atoms with Crippen LogP contribution in [0.15, 0.2) is 17.1 Å². The number of allylic oxidation sites excluding steroid dienone is 1. The molecule has 1 aliphatic heterocycles. The SMILES string of the molecule is CCCC/C=C/c1cnc2[nH]c(=O)n(C3CCOCC3)c2n1. The van der Waals surface area contributed by atoms with Gasteiger partial charge in [-0.2, -0.15) is 0 Å². The van der Waals surface area contributed by atoms with Crippen molar-refractivity contribution in [3.05, 3.63) is 28.5 Å². The molecule has 0 aliphatic carbocycles. The van der Waals surface area contributed by atoms with Crippen LogP contribution >= 0.6 is 0 Å². The van der Waals surface area contributed by atoms with Gasteiger partial charge in [-0.1, -0.05) is 25.8 Å². The highest BCUT2D eigenvalue weighted by Gasteiger charge is 2.21. The highest BCUT2D eigenvalue weighted by Crippen LogP contribution is 2.22. The first kappa shape index (κ1) is 15.0. The molecule has 0 atom stereocenters. The van der Waals surface area contributed by atoms with E-state index in [0.29, 0.717) is 24.5 Å². The van der Waals surface area contributed by atoms with Crippen molar-refractivity contribution in [1.82, 2.24) is 19.5 Å². The van der Waals surface area contributed by atoms with Crippen LogP contribution in [0.1, 0.15) is 50.8 Å². The largest absolute Gasteiger partial charge is 0.381 e. The lowest BCUT2D eigenvalue weighted by atomic mass is 10.1. The number of hydrogen-bond acceptors (Lipinski definition) is 4. The predicted molar refractivity (Wildman–Crippen MR) is 85.8 cm³/mol. The Labute approximate surface area is 129 Å². The van der Waals surface area contributed by atoms with E-state index in [4.69, 9.17) is 4.74 Å². The van der Waals surface area contributed by atoms with E-state index in [1.165, 1.54) is 12.8 Å². The van der Waals surface area contributed by atoms with E-state index in [1.54, 1.807) is 10.8 Å². The molecule has 6 heteroatoms. The third-order valence-corrected chi connectivity index (χ3v) is 4.01. The summed E-state index contributed by atoms with van der Waals surface area (Å²) >= 11 is 0. The van der Waals surface area contributed by atoms with Crippen LogP contribution in [-0.2, 0) is 4.74 Å². The molecule has 1 N–H and O–H groups in total. The highest BCUT2D eigenvalue weighted by molar-refractivity contribution is 5.67. The molecule has 0 spiro atoms. The maximum Gasteiger partial charge on any atom is 0.329 e. The lowest BCUT2D eigenvalue weighted by Crippen LogP contribution is -2.27. The molecule has 2 aromatic rings. The standard InChI is InChI=1S/C16H22N4O2/c1-2-3-4-5-6-12-11-17-14-15(18-12)20(16(21)19-14)13-7-9-22-10-8-13/h5-6,11,13H,2-4,7-10H2,1H3,(H,17,19,21)/b6-5+. The molecule has 1 saturated heterocycles. The van der Waals surface area contributed by atoms with E-state index in [-0.39, 0.29) is 11.7 Å². The van der Waals surface area contributed by atoms with Crippen LogP contribution in [0.25, 0.3) is 17.4 Å². The zero-order valence-corrected chi connectivity index (χ0v) is 12.9. The van der Waals surface area contributed by atoms with Crippen molar-refractivity contribution in [1.29, 1.82) is 0 Å². The van der Waals surface area contributed by atoms with Crippen LogP contribution in [0.4, 0.5) is 0 Å². The summed E-state index contributed by atoms with van der Waals surface area (Å²) in [4.78, 5) is 24.0. The van der Waals surface area contributed by atoms with Gasteiger partial charge in [-0.15, -0.1) is 0 Å². The van der Waals surface area contributed by atoms with E-state index in [1.807, 2.05) is 6.08 Å². The summed E-state index contributed by atoms with van der Waals surface area (Å²) in [6.07, 6.45) is 10.9. The number of hydrogen-bond donors (Lipinski definition) is 1. The molecule has 0 saturated carbocycles. The molecule has 2 aromatic heterocycles. The van der Waals surface area contributed by atoms with Gasteiger partial charge in [0.2, 0.25) is 0 Å². The third-order valence-electron chi connectivity index (χ3n) is 4.01. The van der Waals surface area contributed by atoms with Crippen LogP contribution < -0.4 is 5.69 Å². The minimum atomic E-state index is -0.131. The molecular formula is C16H22N4O2. The first-order valence-electron chi connectivity index (χ1n) is 8.01. The number of H-pyrrole nitrogens is 1. The van der Waals surface area contributed by atoms with Gasteiger partial charge in [0.1, 0.15) is 0 Å². The number of aromatic nitrogens is 4. The molecule has 0 bridgehead atoms. The third kappa shape index (κ3) is 3.11. The molecule has 6 nitrogen and oxygen atoms in total. The number of unbranched alkanes of at least 4 members (excludes halogenated alkanes) is 2. The van der Waals surface area contributed by atoms with Gasteiger partial charge in [-0.3, -0.25) is 9.55 Å². The van der Waals surface area contributed by atoms with E-state index < -0.39 is 0 Å². The van der Waals surface area contributed by atoms with Crippen molar-refractivity contribution < 1.29 is 4.74 Å². The summed E-state index contributed by atoms with van der Waals surface area (Å²) in [5, 5.41) is 0. The Hall–Kier alpha value is -1.95. The van der Waals surface area contributed by atoms with Crippen LogP contribution in [0.5, 0.6) is 0 Å². The molecular weight excluding hydrogens is 280 g/mol. The molecule has 1 aliphatic rings. The number of ether oxygens (including phenoxy) is 1. The minimum Gasteiger partial charge on any atom is -0.381 e. The normalized spacial score (nSPS) is 16.8. The molecule has 0 aromatic carbocycles. The van der Waals surface area contributed by atoms with Crippen molar-refractivity contribution in [2.24, 2.45) is 0 Å². The van der Waals surface area contributed by atoms with E-state index in [9.17, 15) is 4.79 Å². The Morgan fingerprint density at radius 1 is 1.45 bits per heavy atom. The van der Waals surface area contributed by atoms with Crippen molar-refractivity contribution in [2.45, 2.75) is 45.1 Å². The number of fused-ring (bicyclic) bond motifs is 1. The van der Waals surface area contributed by atoms with Crippen molar-refractivity contribution in [2.75, 3.05) is 13.2 Å². The lowest BCUT2D eigenvalue weighted by Gasteiger charge is -2.22. The fraction of sp³-hybridized carbons (Fsp3) is 0.562. The lowest BCUT2D eigenvalue weighted by molar-refractivity contribution is 0.0697. The second kappa shape index (κ2) is 6.87. The van der Waals surface area contributed by atoms with E-state index in [0.717, 1.165) is 25.0 Å². The van der Waals surface area contributed by atoms with Gasteiger partial charge in [0.25, 0.3) is 0 Å². The molecule has 0 amide bonds. The maximum absolute atomic E-state index is 12.2. The molecule has 118 valence electrons. The van der Waals surface area contributed by atoms with E-state index >= 15 is 0 Å². The maximum atomic E-state index is 12.2. The fourth-order valence-corrected chi connectivity index (χ4v) is 2.79. The number of rotatable bonds is 5. The van der Waals surface area contributed by atoms with Gasteiger partial charge in [0, 0.05) is 19.3 Å². The van der Waals surface area contributed by atoms with Gasteiger partial charge in [-0.05, 0) is 25.3 Å². The van der Waals surface area contributed by atoms with Crippen LogP contribution in [0.3, 0.4) is 0 Å². The van der Waals surface area contributed by atoms with Gasteiger partial charge in [-0.25, -0.2) is 14.8 Å². The Morgan fingerprint density at radius 2 is 2.27 bits per heavy atom. The van der Waals surface area contributed by atoms with E-state index in [2.05, 4.69) is 28.0 Å². The molecule has 22 heavy (non-hydrogen) atoms. The molecule has 1 fully saturated rings. The summed E-state index contributed by atoms with van der Waals surface area (Å²) in [5.41, 5.74) is 1.87. The summed E-state index contributed by atoms with van der Waals surface area (Å²) in [7, 11) is 0. The number of imidazole rings is 1. The van der Waals surface area contributed by atoms with Crippen molar-refractivity contribution >= 4 is 17.4 Å². The Kier molecular flexibility index (Phi) is 4.68. The molecule has 3 rings (SSSR count). The Morgan fingerprint density at radius 3 is 3.05 bits per heavy atom. The predicted octanol–water partition coefficient (Wildman–Crippen LogP) is 2.67. The molecule has 0 radical (unpaired) electrons.